The maximum absolute atomic E-state index is 12.9. The Morgan fingerprint density at radius 1 is 1.12 bits per heavy atom. The van der Waals surface area contributed by atoms with Gasteiger partial charge in [-0.2, -0.15) is 0 Å². The van der Waals surface area contributed by atoms with Crippen LogP contribution < -0.4 is 4.74 Å². The Hall–Kier alpha value is -2.42. The van der Waals surface area contributed by atoms with Gasteiger partial charge in [-0.3, -0.25) is 19.4 Å². The second-order valence-electron chi connectivity index (χ2n) is 5.46. The van der Waals surface area contributed by atoms with Crippen molar-refractivity contribution in [3.8, 4) is 5.75 Å². The van der Waals surface area contributed by atoms with Crippen LogP contribution in [-0.4, -0.2) is 53.5 Å². The Labute approximate surface area is 146 Å². The van der Waals surface area contributed by atoms with Crippen molar-refractivity contribution in [3.05, 3.63) is 29.8 Å². The fraction of sp³-hybridized carbons (Fsp3) is 0.333. The molecule has 24 heavy (non-hydrogen) atoms. The number of hydrogen-bond acceptors (Lipinski definition) is 6. The molecule has 1 unspecified atom stereocenters. The minimum atomic E-state index is -1.76. The van der Waals surface area contributed by atoms with Gasteiger partial charge >= 0.3 is 6.03 Å². The van der Waals surface area contributed by atoms with Crippen molar-refractivity contribution in [2.75, 3.05) is 21.2 Å². The lowest BCUT2D eigenvalue weighted by atomic mass is 9.76. The number of benzene rings is 1. The van der Waals surface area contributed by atoms with Crippen molar-refractivity contribution in [1.29, 1.82) is 0 Å². The van der Waals surface area contributed by atoms with E-state index in [0.717, 1.165) is 9.80 Å². The molecule has 1 aromatic carbocycles. The summed E-state index contributed by atoms with van der Waals surface area (Å²) in [6.45, 7) is 0. The Balaban J connectivity index is 2.13. The van der Waals surface area contributed by atoms with Crippen molar-refractivity contribution in [1.82, 2.24) is 9.80 Å². The third kappa shape index (κ3) is 1.97. The quantitative estimate of drug-likeness (QED) is 0.708. The second kappa shape index (κ2) is 5.59. The average Bonchev–Trinajstić information content (AvgIpc) is 2.95. The molecule has 1 saturated heterocycles. The zero-order valence-electron chi connectivity index (χ0n) is 13.1. The van der Waals surface area contributed by atoms with Gasteiger partial charge in [0.15, 0.2) is 10.7 Å². The number of ether oxygens (including phenoxy) is 1. The van der Waals surface area contributed by atoms with E-state index in [1.54, 1.807) is 24.3 Å². The number of rotatable bonds is 2. The molecule has 0 N–H and O–H groups in total. The monoisotopic (exact) mass is 395 g/mol. The molecule has 2 aliphatic rings. The topological polar surface area (TPSA) is 88.5 Å². The average molecular weight is 396 g/mol. The van der Waals surface area contributed by atoms with E-state index in [1.165, 1.54) is 21.2 Å². The van der Waals surface area contributed by atoms with Crippen LogP contribution in [0.25, 0.3) is 0 Å². The summed E-state index contributed by atoms with van der Waals surface area (Å²) >= 11 is 3.17. The number of amides is 4. The molecule has 1 spiro atoms. The molecule has 2 aliphatic heterocycles. The summed E-state index contributed by atoms with van der Waals surface area (Å²) in [5.41, 5.74) is -1.20. The number of methoxy groups -OCH3 is 1. The lowest BCUT2D eigenvalue weighted by Crippen LogP contribution is -2.66. The number of carbonyl (C=O) groups excluding carboxylic acids is 3. The first-order valence-electron chi connectivity index (χ1n) is 6.99. The fourth-order valence-electron chi connectivity index (χ4n) is 2.87. The summed E-state index contributed by atoms with van der Waals surface area (Å²) in [4.78, 5) is 44.9. The molecule has 0 aromatic heterocycles. The summed E-state index contributed by atoms with van der Waals surface area (Å²) in [6.07, 6.45) is -0.990. The van der Waals surface area contributed by atoms with E-state index in [9.17, 15) is 14.4 Å². The summed E-state index contributed by atoms with van der Waals surface area (Å²) in [7, 11) is 4.17. The Kier molecular flexibility index (Phi) is 3.83. The molecule has 0 radical (unpaired) electrons. The SMILES string of the molecule is COc1ccc(C2ON=C(Br)C23C(=O)N(C)C(=O)N(C)C3=O)cc1. The van der Waals surface area contributed by atoms with Crippen LogP contribution in [0.3, 0.4) is 0 Å². The Bertz CT molecular complexity index is 737. The van der Waals surface area contributed by atoms with E-state index in [4.69, 9.17) is 9.57 Å². The number of nitrogens with zero attached hydrogens (tertiary/aromatic N) is 3. The maximum atomic E-state index is 12.9. The van der Waals surface area contributed by atoms with E-state index in [1.807, 2.05) is 0 Å². The molecule has 9 heteroatoms. The number of carbonyl (C=O) groups is 3. The van der Waals surface area contributed by atoms with Crippen molar-refractivity contribution >= 4 is 38.4 Å². The van der Waals surface area contributed by atoms with Gasteiger partial charge in [-0.1, -0.05) is 17.3 Å². The van der Waals surface area contributed by atoms with Gasteiger partial charge in [-0.05, 0) is 33.6 Å². The van der Waals surface area contributed by atoms with Crippen molar-refractivity contribution in [3.63, 3.8) is 0 Å². The van der Waals surface area contributed by atoms with E-state index in [0.29, 0.717) is 11.3 Å². The second-order valence-corrected chi connectivity index (χ2v) is 6.21. The zero-order valence-corrected chi connectivity index (χ0v) is 14.7. The van der Waals surface area contributed by atoms with E-state index in [-0.39, 0.29) is 4.62 Å². The van der Waals surface area contributed by atoms with Crippen molar-refractivity contribution in [2.24, 2.45) is 10.6 Å². The fourth-order valence-corrected chi connectivity index (χ4v) is 3.50. The largest absolute Gasteiger partial charge is 0.497 e. The molecule has 1 aromatic rings. The molecule has 1 fully saturated rings. The molecule has 1 atom stereocenters. The van der Waals surface area contributed by atoms with Crippen LogP contribution in [0.2, 0.25) is 0 Å². The normalized spacial score (nSPS) is 22.8. The minimum absolute atomic E-state index is 0.0389. The lowest BCUT2D eigenvalue weighted by molar-refractivity contribution is -0.158. The van der Waals surface area contributed by atoms with Crippen LogP contribution in [0.5, 0.6) is 5.75 Å². The summed E-state index contributed by atoms with van der Waals surface area (Å²) in [5.74, 6) is -0.759. The van der Waals surface area contributed by atoms with Gasteiger partial charge in [0.25, 0.3) is 11.8 Å². The molecule has 8 nitrogen and oxygen atoms in total. The first kappa shape index (κ1) is 16.4. The number of oxime groups is 1. The molecule has 0 aliphatic carbocycles. The molecule has 126 valence electrons. The molecular formula is C15H14BrN3O5. The highest BCUT2D eigenvalue weighted by Gasteiger charge is 2.67. The lowest BCUT2D eigenvalue weighted by Gasteiger charge is -2.40. The number of halogens is 1. The third-order valence-electron chi connectivity index (χ3n) is 4.23. The first-order valence-corrected chi connectivity index (χ1v) is 7.79. The van der Waals surface area contributed by atoms with E-state index < -0.39 is 29.4 Å². The Morgan fingerprint density at radius 3 is 2.17 bits per heavy atom. The molecular weight excluding hydrogens is 382 g/mol. The van der Waals surface area contributed by atoms with E-state index in [2.05, 4.69) is 21.1 Å². The third-order valence-corrected chi connectivity index (χ3v) is 5.00. The zero-order chi connectivity index (χ0) is 17.6. The number of hydrogen-bond donors (Lipinski definition) is 0. The number of barbiturate groups is 1. The van der Waals surface area contributed by atoms with Gasteiger partial charge in [0.05, 0.1) is 7.11 Å². The predicted octanol–water partition coefficient (Wildman–Crippen LogP) is 1.51. The highest BCUT2D eigenvalue weighted by Crippen LogP contribution is 2.49. The highest BCUT2D eigenvalue weighted by atomic mass is 79.9. The van der Waals surface area contributed by atoms with Crippen LogP contribution in [0.1, 0.15) is 11.7 Å². The minimum Gasteiger partial charge on any atom is -0.497 e. The maximum Gasteiger partial charge on any atom is 0.332 e. The predicted molar refractivity (Wildman–Crippen MR) is 86.6 cm³/mol. The van der Waals surface area contributed by atoms with Crippen LogP contribution >= 0.6 is 15.9 Å². The van der Waals surface area contributed by atoms with Crippen LogP contribution in [-0.2, 0) is 14.4 Å². The molecule has 3 rings (SSSR count). The molecule has 0 saturated carbocycles. The van der Waals surface area contributed by atoms with Gasteiger partial charge in [-0.15, -0.1) is 0 Å². The van der Waals surface area contributed by atoms with Crippen molar-refractivity contribution < 1.29 is 24.0 Å². The number of urea groups is 1. The van der Waals surface area contributed by atoms with Crippen LogP contribution in [0.4, 0.5) is 4.79 Å². The van der Waals surface area contributed by atoms with Crippen LogP contribution in [0, 0.1) is 5.41 Å². The van der Waals surface area contributed by atoms with Crippen LogP contribution in [0.15, 0.2) is 29.4 Å². The van der Waals surface area contributed by atoms with Gasteiger partial charge in [0, 0.05) is 14.1 Å². The van der Waals surface area contributed by atoms with Gasteiger partial charge in [-0.25, -0.2) is 4.79 Å². The first-order chi connectivity index (χ1) is 11.4. The highest BCUT2D eigenvalue weighted by molar-refractivity contribution is 9.18. The summed E-state index contributed by atoms with van der Waals surface area (Å²) in [6, 6.07) is 6.05. The van der Waals surface area contributed by atoms with Gasteiger partial charge in [0.2, 0.25) is 5.41 Å². The van der Waals surface area contributed by atoms with E-state index >= 15 is 0 Å². The number of imide groups is 2. The standard InChI is InChI=1S/C15H14BrN3O5/c1-18-12(20)15(13(21)19(2)14(18)22)10(24-17-11(15)16)8-4-6-9(23-3)7-5-8/h4-7,10H,1-3H3. The van der Waals surface area contributed by atoms with Gasteiger partial charge < -0.3 is 9.57 Å². The molecule has 2 heterocycles. The Morgan fingerprint density at radius 2 is 1.67 bits per heavy atom. The summed E-state index contributed by atoms with van der Waals surface area (Å²) < 4.78 is 5.15. The van der Waals surface area contributed by atoms with Gasteiger partial charge in [0.1, 0.15) is 5.75 Å². The van der Waals surface area contributed by atoms with Crippen molar-refractivity contribution in [2.45, 2.75) is 6.10 Å². The smallest absolute Gasteiger partial charge is 0.332 e. The molecule has 0 bridgehead atoms. The molecule has 4 amide bonds. The summed E-state index contributed by atoms with van der Waals surface area (Å²) in [5, 5.41) is 3.80.